The van der Waals surface area contributed by atoms with Crippen molar-refractivity contribution in [2.75, 3.05) is 0 Å². The van der Waals surface area contributed by atoms with Gasteiger partial charge in [-0.25, -0.2) is 5.57 Å². The quantitative estimate of drug-likeness (QED) is 0.459. The Balaban J connectivity index is -0.000000107. The van der Waals surface area contributed by atoms with Crippen molar-refractivity contribution in [3.05, 3.63) is 22.8 Å². The predicted molar refractivity (Wildman–Crippen MR) is 92.0 cm³/mol. The normalized spacial score (nSPS) is 16.0. The van der Waals surface area contributed by atoms with E-state index >= 15 is 0 Å². The van der Waals surface area contributed by atoms with E-state index in [1.165, 1.54) is 16.7 Å². The molecule has 3 nitrogen and oxygen atoms in total. The van der Waals surface area contributed by atoms with Crippen LogP contribution in [0.1, 0.15) is 69.2 Å². The van der Waals surface area contributed by atoms with Crippen molar-refractivity contribution >= 4 is 0 Å². The molecule has 0 radical (unpaired) electrons. The first-order chi connectivity index (χ1) is 9.32. The second-order valence-corrected chi connectivity index (χ2v) is 6.08. The average Bonchev–Trinajstić information content (AvgIpc) is 2.43. The molecular weight excluding hydrogens is 312 g/mol. The topological polar surface area (TPSA) is 60.7 Å². The molecule has 1 aliphatic carbocycles. The van der Waals surface area contributed by atoms with Gasteiger partial charge in [-0.05, 0) is 41.5 Å². The fourth-order valence-electron chi connectivity index (χ4n) is 1.16. The van der Waals surface area contributed by atoms with Crippen molar-refractivity contribution in [2.24, 2.45) is 5.92 Å². The van der Waals surface area contributed by atoms with Crippen LogP contribution >= 0.6 is 0 Å². The van der Waals surface area contributed by atoms with Gasteiger partial charge in [0.25, 0.3) is 0 Å². The molecule has 0 amide bonds. The predicted octanol–water partition coefficient (Wildman–Crippen LogP) is 3.88. The van der Waals surface area contributed by atoms with E-state index in [1.807, 2.05) is 0 Å². The summed E-state index contributed by atoms with van der Waals surface area (Å²) in [6, 6.07) is 0. The van der Waals surface area contributed by atoms with Gasteiger partial charge in [-0.15, -0.1) is 6.92 Å². The first kappa shape index (κ1) is 30.0. The molecule has 0 aromatic rings. The second-order valence-electron chi connectivity index (χ2n) is 6.08. The molecule has 132 valence electrons. The van der Waals surface area contributed by atoms with Crippen molar-refractivity contribution in [1.82, 2.24) is 0 Å². The van der Waals surface area contributed by atoms with Crippen LogP contribution in [0.2, 0.25) is 0 Å². The molecule has 0 fully saturated rings. The van der Waals surface area contributed by atoms with Crippen molar-refractivity contribution < 1.29 is 37.0 Å². The molecule has 1 unspecified atom stereocenters. The minimum absolute atomic E-state index is 0. The monoisotopic (exact) mass is 349 g/mol. The Kier molecular flexibility index (Phi) is 23.8. The van der Waals surface area contributed by atoms with E-state index in [2.05, 4.69) is 33.8 Å². The number of hydrogen-bond acceptors (Lipinski definition) is 3. The van der Waals surface area contributed by atoms with Crippen LogP contribution in [0, 0.1) is 12.0 Å². The van der Waals surface area contributed by atoms with Crippen molar-refractivity contribution in [1.29, 1.82) is 0 Å². The third kappa shape index (κ3) is 28.3. The van der Waals surface area contributed by atoms with Gasteiger partial charge in [0.15, 0.2) is 0 Å². The van der Waals surface area contributed by atoms with Crippen molar-refractivity contribution in [3.8, 4) is 0 Å². The second kappa shape index (κ2) is 17.4. The van der Waals surface area contributed by atoms with Crippen molar-refractivity contribution in [2.45, 2.75) is 87.5 Å². The van der Waals surface area contributed by atoms with E-state index in [9.17, 15) is 0 Å². The number of allylic oxidation sites excluding steroid dienone is 4. The van der Waals surface area contributed by atoms with Gasteiger partial charge in [-0.3, -0.25) is 6.08 Å². The van der Waals surface area contributed by atoms with Crippen LogP contribution in [0.5, 0.6) is 0 Å². The maximum Gasteiger partial charge on any atom is 0.0483 e. The number of aliphatic hydroxyl groups is 3. The molecule has 3 N–H and O–H groups in total. The summed E-state index contributed by atoms with van der Waals surface area (Å²) in [7, 11) is 0. The molecule has 0 bridgehead atoms. The Labute approximate surface area is 153 Å². The smallest absolute Gasteiger partial charge is 0.0483 e. The van der Waals surface area contributed by atoms with Crippen LogP contribution < -0.4 is 0 Å². The van der Waals surface area contributed by atoms with E-state index < -0.39 is 0 Å². The summed E-state index contributed by atoms with van der Waals surface area (Å²) in [4.78, 5) is 0. The summed E-state index contributed by atoms with van der Waals surface area (Å²) in [5.41, 5.74) is 4.25. The van der Waals surface area contributed by atoms with Gasteiger partial charge in [0, 0.05) is 40.0 Å². The average molecular weight is 349 g/mol. The Bertz CT molecular complexity index is 283. The maximum atomic E-state index is 8.06. The minimum atomic E-state index is -0.167. The molecule has 0 saturated carbocycles. The van der Waals surface area contributed by atoms with Crippen LogP contribution in [-0.2, 0) is 21.7 Å². The van der Waals surface area contributed by atoms with E-state index in [0.717, 1.165) is 0 Å². The summed E-state index contributed by atoms with van der Waals surface area (Å²) < 4.78 is 0. The SMILES string of the molecule is CC(C)O.CC(C)O.CC(C)O.CC1=[C-]C(C)C(C)=C1C.[Ti]. The van der Waals surface area contributed by atoms with Gasteiger partial charge in [-0.1, -0.05) is 26.7 Å². The van der Waals surface area contributed by atoms with E-state index in [4.69, 9.17) is 15.3 Å². The molecule has 1 atom stereocenters. The molecule has 0 aromatic carbocycles. The standard InChI is InChI=1S/C9H13.3C3H8O.Ti/c1-6-5-7(2)9(4)8(6)3;3*1-3(2)4;/h6H,1-4H3;3*3-4H,1-2H3;/q-1;;;;. The number of aliphatic hydroxyl groups excluding tert-OH is 3. The van der Waals surface area contributed by atoms with Gasteiger partial charge >= 0.3 is 0 Å². The fraction of sp³-hybridized carbons (Fsp3) is 0.778. The van der Waals surface area contributed by atoms with E-state index in [-0.39, 0.29) is 40.0 Å². The zero-order valence-corrected chi connectivity index (χ0v) is 17.7. The molecule has 0 aliphatic heterocycles. The number of rotatable bonds is 0. The summed E-state index contributed by atoms with van der Waals surface area (Å²) >= 11 is 0. The van der Waals surface area contributed by atoms with Crippen LogP contribution in [0.15, 0.2) is 16.7 Å². The summed E-state index contributed by atoms with van der Waals surface area (Å²) in [6.45, 7) is 19.0. The molecular formula is C18H37O3Ti-. The third-order valence-electron chi connectivity index (χ3n) is 2.24. The first-order valence-electron chi connectivity index (χ1n) is 7.64. The van der Waals surface area contributed by atoms with Crippen LogP contribution in [-0.4, -0.2) is 33.6 Å². The Morgan fingerprint density at radius 1 is 0.773 bits per heavy atom. The zero-order chi connectivity index (χ0) is 17.7. The summed E-state index contributed by atoms with van der Waals surface area (Å²) in [5.74, 6) is 0.560. The molecule has 1 aliphatic rings. The van der Waals surface area contributed by atoms with Gasteiger partial charge in [0.2, 0.25) is 0 Å². The Morgan fingerprint density at radius 3 is 1.05 bits per heavy atom. The van der Waals surface area contributed by atoms with Gasteiger partial charge in [0.1, 0.15) is 0 Å². The van der Waals surface area contributed by atoms with Crippen LogP contribution in [0.25, 0.3) is 0 Å². The van der Waals surface area contributed by atoms with Gasteiger partial charge in [0.05, 0.1) is 0 Å². The molecule has 22 heavy (non-hydrogen) atoms. The van der Waals surface area contributed by atoms with Crippen LogP contribution in [0.4, 0.5) is 0 Å². The Hall–Kier alpha value is 0.0743. The number of hydrogen-bond donors (Lipinski definition) is 3. The largest absolute Gasteiger partial charge is 0.394 e. The van der Waals surface area contributed by atoms with Gasteiger partial charge in [-0.2, -0.15) is 11.1 Å². The van der Waals surface area contributed by atoms with Gasteiger partial charge < -0.3 is 15.3 Å². The summed E-state index contributed by atoms with van der Waals surface area (Å²) in [5, 5.41) is 24.2. The zero-order valence-electron chi connectivity index (χ0n) is 16.2. The molecule has 1 rings (SSSR count). The first-order valence-corrected chi connectivity index (χ1v) is 7.64. The minimum Gasteiger partial charge on any atom is -0.394 e. The molecule has 4 heteroatoms. The van der Waals surface area contributed by atoms with Crippen LogP contribution in [0.3, 0.4) is 0 Å². The third-order valence-corrected chi connectivity index (χ3v) is 2.24. The maximum absolute atomic E-state index is 8.06. The molecule has 0 heterocycles. The van der Waals surface area contributed by atoms with E-state index in [0.29, 0.717) is 5.92 Å². The molecule has 0 aromatic heterocycles. The van der Waals surface area contributed by atoms with Crippen molar-refractivity contribution in [3.63, 3.8) is 0 Å². The fourth-order valence-corrected chi connectivity index (χ4v) is 1.16. The molecule has 0 spiro atoms. The summed E-state index contributed by atoms with van der Waals surface area (Å²) in [6.07, 6.45) is 2.86. The Morgan fingerprint density at radius 2 is 1.00 bits per heavy atom. The van der Waals surface area contributed by atoms with E-state index in [1.54, 1.807) is 41.5 Å². The molecule has 0 saturated heterocycles.